The van der Waals surface area contributed by atoms with E-state index < -0.39 is 0 Å². The molecule has 0 saturated heterocycles. The van der Waals surface area contributed by atoms with E-state index in [9.17, 15) is 9.59 Å². The minimum absolute atomic E-state index is 0.0679. The van der Waals surface area contributed by atoms with Gasteiger partial charge >= 0.3 is 0 Å². The molecule has 0 aliphatic heterocycles. The Hall–Kier alpha value is -2.22. The van der Waals surface area contributed by atoms with Crippen molar-refractivity contribution in [3.8, 4) is 0 Å². The third-order valence-electron chi connectivity index (χ3n) is 3.52. The normalized spacial score (nSPS) is 10.7. The number of anilines is 1. The van der Waals surface area contributed by atoms with Crippen LogP contribution < -0.4 is 10.9 Å². The van der Waals surface area contributed by atoms with Crippen LogP contribution in [-0.4, -0.2) is 15.5 Å². The number of aryl methyl sites for hydroxylation is 1. The van der Waals surface area contributed by atoms with Gasteiger partial charge < -0.3 is 5.32 Å². The molecule has 0 unspecified atom stereocenters. The highest BCUT2D eigenvalue weighted by Crippen LogP contribution is 2.14. The average Bonchev–Trinajstić information content (AvgIpc) is 2.53. The van der Waals surface area contributed by atoms with Crippen LogP contribution in [0.3, 0.4) is 0 Å². The summed E-state index contributed by atoms with van der Waals surface area (Å²) < 4.78 is 2.28. The number of aromatic nitrogens is 2. The van der Waals surface area contributed by atoms with Crippen LogP contribution in [0.5, 0.6) is 0 Å². The number of hydrogen-bond donors (Lipinski definition) is 1. The van der Waals surface area contributed by atoms with Crippen molar-refractivity contribution in [1.82, 2.24) is 9.55 Å². The van der Waals surface area contributed by atoms with Crippen molar-refractivity contribution in [2.45, 2.75) is 13.5 Å². The fraction of sp³-hybridized carbons (Fsp3) is 0.118. The fourth-order valence-corrected chi connectivity index (χ4v) is 2.79. The second-order valence-corrected chi connectivity index (χ2v) is 6.45. The quantitative estimate of drug-likeness (QED) is 0.665. The third-order valence-corrected chi connectivity index (χ3v) is 4.19. The minimum Gasteiger partial charge on any atom is -0.324 e. The standard InChI is InChI=1S/C17H14IN3O2/c1-11-4-2-3-5-14(11)20-16(22)9-21-10-19-15-7-6-12(18)8-13(15)17(21)23/h2-8,10H,9H2,1H3,(H,20,22). The number of nitrogens with zero attached hydrogens (tertiary/aromatic N) is 2. The molecule has 0 atom stereocenters. The molecular weight excluding hydrogens is 405 g/mol. The molecule has 0 saturated carbocycles. The Labute approximate surface area is 146 Å². The van der Waals surface area contributed by atoms with E-state index in [2.05, 4.69) is 32.9 Å². The van der Waals surface area contributed by atoms with Gasteiger partial charge in [-0.15, -0.1) is 0 Å². The highest BCUT2D eigenvalue weighted by atomic mass is 127. The largest absolute Gasteiger partial charge is 0.324 e. The van der Waals surface area contributed by atoms with Crippen molar-refractivity contribution >= 4 is 45.1 Å². The molecule has 116 valence electrons. The van der Waals surface area contributed by atoms with Crippen LogP contribution in [0.1, 0.15) is 5.56 Å². The second-order valence-electron chi connectivity index (χ2n) is 5.20. The molecule has 0 radical (unpaired) electrons. The molecule has 0 aliphatic carbocycles. The number of halogens is 1. The van der Waals surface area contributed by atoms with Gasteiger partial charge in [-0.05, 0) is 59.3 Å². The lowest BCUT2D eigenvalue weighted by Gasteiger charge is -2.10. The average molecular weight is 419 g/mol. The van der Waals surface area contributed by atoms with E-state index in [1.165, 1.54) is 10.9 Å². The molecule has 6 heteroatoms. The molecule has 1 amide bonds. The first-order valence-electron chi connectivity index (χ1n) is 7.05. The van der Waals surface area contributed by atoms with Crippen molar-refractivity contribution in [1.29, 1.82) is 0 Å². The summed E-state index contributed by atoms with van der Waals surface area (Å²) >= 11 is 2.15. The first-order valence-corrected chi connectivity index (χ1v) is 8.12. The summed E-state index contributed by atoms with van der Waals surface area (Å²) in [5, 5.41) is 3.33. The number of para-hydroxylation sites is 1. The van der Waals surface area contributed by atoms with E-state index in [4.69, 9.17) is 0 Å². The maximum absolute atomic E-state index is 12.5. The van der Waals surface area contributed by atoms with Gasteiger partial charge in [-0.25, -0.2) is 4.98 Å². The third kappa shape index (κ3) is 3.42. The van der Waals surface area contributed by atoms with E-state index in [1.807, 2.05) is 37.3 Å². The number of benzene rings is 2. The van der Waals surface area contributed by atoms with E-state index in [-0.39, 0.29) is 18.0 Å². The summed E-state index contributed by atoms with van der Waals surface area (Å²) in [5.41, 5.74) is 2.13. The van der Waals surface area contributed by atoms with Gasteiger partial charge in [0, 0.05) is 9.26 Å². The van der Waals surface area contributed by atoms with Crippen LogP contribution >= 0.6 is 22.6 Å². The van der Waals surface area contributed by atoms with Crippen molar-refractivity contribution in [2.75, 3.05) is 5.32 Å². The number of amides is 1. The zero-order valence-corrected chi connectivity index (χ0v) is 14.6. The topological polar surface area (TPSA) is 64.0 Å². The maximum atomic E-state index is 12.5. The summed E-state index contributed by atoms with van der Waals surface area (Å²) in [6.45, 7) is 1.85. The molecule has 3 rings (SSSR count). The molecular formula is C17H14IN3O2. The van der Waals surface area contributed by atoms with Crippen molar-refractivity contribution in [3.63, 3.8) is 0 Å². The molecule has 2 aromatic carbocycles. The van der Waals surface area contributed by atoms with Gasteiger partial charge in [0.05, 0.1) is 17.2 Å². The van der Waals surface area contributed by atoms with E-state index >= 15 is 0 Å². The molecule has 23 heavy (non-hydrogen) atoms. The fourth-order valence-electron chi connectivity index (χ4n) is 2.30. The van der Waals surface area contributed by atoms with Gasteiger partial charge in [-0.3, -0.25) is 14.2 Å². The lowest BCUT2D eigenvalue weighted by atomic mass is 10.2. The Bertz CT molecular complexity index is 950. The SMILES string of the molecule is Cc1ccccc1NC(=O)Cn1cnc2ccc(I)cc2c1=O. The van der Waals surface area contributed by atoms with Crippen LogP contribution in [0.2, 0.25) is 0 Å². The van der Waals surface area contributed by atoms with Crippen LogP contribution in [0.15, 0.2) is 53.6 Å². The van der Waals surface area contributed by atoms with Gasteiger partial charge in [-0.1, -0.05) is 18.2 Å². The minimum atomic E-state index is -0.256. The van der Waals surface area contributed by atoms with Crippen LogP contribution in [0.4, 0.5) is 5.69 Å². The lowest BCUT2D eigenvalue weighted by Crippen LogP contribution is -2.28. The monoisotopic (exact) mass is 419 g/mol. The summed E-state index contributed by atoms with van der Waals surface area (Å²) in [4.78, 5) is 28.9. The van der Waals surface area contributed by atoms with E-state index in [0.29, 0.717) is 10.9 Å². The van der Waals surface area contributed by atoms with E-state index in [1.54, 1.807) is 12.1 Å². The Morgan fingerprint density at radius 1 is 1.26 bits per heavy atom. The van der Waals surface area contributed by atoms with Crippen LogP contribution in [0.25, 0.3) is 10.9 Å². The van der Waals surface area contributed by atoms with Gasteiger partial charge in [0.25, 0.3) is 5.56 Å². The Kier molecular flexibility index (Phi) is 4.42. The van der Waals surface area contributed by atoms with Crippen molar-refractivity contribution in [2.24, 2.45) is 0 Å². The number of rotatable bonds is 3. The molecule has 5 nitrogen and oxygen atoms in total. The molecule has 1 N–H and O–H groups in total. The zero-order valence-electron chi connectivity index (χ0n) is 12.4. The summed E-state index contributed by atoms with van der Waals surface area (Å²) in [5.74, 6) is -0.256. The highest BCUT2D eigenvalue weighted by molar-refractivity contribution is 14.1. The van der Waals surface area contributed by atoms with Gasteiger partial charge in [0.15, 0.2) is 0 Å². The first kappa shape index (κ1) is 15.7. The van der Waals surface area contributed by atoms with Crippen LogP contribution in [0, 0.1) is 10.5 Å². The summed E-state index contributed by atoms with van der Waals surface area (Å²) in [6.07, 6.45) is 1.41. The number of carbonyl (C=O) groups is 1. The zero-order chi connectivity index (χ0) is 16.4. The lowest BCUT2D eigenvalue weighted by molar-refractivity contribution is -0.116. The second kappa shape index (κ2) is 6.49. The highest BCUT2D eigenvalue weighted by Gasteiger charge is 2.09. The van der Waals surface area contributed by atoms with Gasteiger partial charge in [-0.2, -0.15) is 0 Å². The molecule has 0 aliphatic rings. The predicted octanol–water partition coefficient (Wildman–Crippen LogP) is 2.95. The molecule has 0 bridgehead atoms. The molecule has 0 spiro atoms. The van der Waals surface area contributed by atoms with Crippen molar-refractivity contribution < 1.29 is 4.79 Å². The smallest absolute Gasteiger partial charge is 0.261 e. The predicted molar refractivity (Wildman–Crippen MR) is 98.5 cm³/mol. The molecule has 3 aromatic rings. The van der Waals surface area contributed by atoms with Crippen LogP contribution in [-0.2, 0) is 11.3 Å². The number of nitrogens with one attached hydrogen (secondary N) is 1. The van der Waals surface area contributed by atoms with E-state index in [0.717, 1.165) is 14.8 Å². The Morgan fingerprint density at radius 2 is 2.04 bits per heavy atom. The summed E-state index contributed by atoms with van der Waals surface area (Å²) in [7, 11) is 0. The number of hydrogen-bond acceptors (Lipinski definition) is 3. The van der Waals surface area contributed by atoms with Gasteiger partial charge in [0.1, 0.15) is 6.54 Å². The molecule has 0 fully saturated rings. The van der Waals surface area contributed by atoms with Gasteiger partial charge in [0.2, 0.25) is 5.91 Å². The molecule has 1 heterocycles. The number of fused-ring (bicyclic) bond motifs is 1. The molecule has 1 aromatic heterocycles. The first-order chi connectivity index (χ1) is 11.0. The number of carbonyl (C=O) groups excluding carboxylic acids is 1. The Balaban J connectivity index is 1.87. The van der Waals surface area contributed by atoms with Crippen molar-refractivity contribution in [3.05, 3.63) is 68.3 Å². The maximum Gasteiger partial charge on any atom is 0.261 e. The summed E-state index contributed by atoms with van der Waals surface area (Å²) in [6, 6.07) is 13.0. The Morgan fingerprint density at radius 3 is 2.83 bits per heavy atom.